The van der Waals surface area contributed by atoms with Crippen molar-refractivity contribution in [3.05, 3.63) is 70.8 Å². The number of phosphoric acid groups is 1. The summed E-state index contributed by atoms with van der Waals surface area (Å²) in [4.78, 5) is 55.6. The lowest BCUT2D eigenvalue weighted by molar-refractivity contribution is -0.148. The second-order valence-electron chi connectivity index (χ2n) is 7.71. The van der Waals surface area contributed by atoms with E-state index in [4.69, 9.17) is 15.0 Å². The van der Waals surface area contributed by atoms with E-state index < -0.39 is 43.8 Å². The number of carbonyl (C=O) groups excluding carboxylic acids is 3. The predicted molar refractivity (Wildman–Crippen MR) is 126 cm³/mol. The molecule has 0 radical (unpaired) electrons. The molecule has 6 N–H and O–H groups in total. The molecule has 0 aliphatic rings. The van der Waals surface area contributed by atoms with Crippen LogP contribution in [0.5, 0.6) is 0 Å². The molecule has 36 heavy (non-hydrogen) atoms. The molecule has 0 aliphatic carbocycles. The number of aliphatic hydroxyl groups is 1. The van der Waals surface area contributed by atoms with Gasteiger partial charge in [0.2, 0.25) is 0 Å². The largest absolute Gasteiger partial charge is 0.469 e. The Hall–Kier alpha value is -3.56. The topological polar surface area (TPSA) is 186 Å². The second kappa shape index (κ2) is 11.9. The minimum absolute atomic E-state index is 0.180. The van der Waals surface area contributed by atoms with Crippen LogP contribution in [0.1, 0.15) is 40.1 Å². The lowest BCUT2D eigenvalue weighted by Gasteiger charge is -2.34. The van der Waals surface area contributed by atoms with Gasteiger partial charge in [0.25, 0.3) is 17.7 Å². The number of hydroxylamine groups is 1. The molecule has 0 saturated carbocycles. The monoisotopic (exact) mass is 519 g/mol. The fourth-order valence-corrected chi connectivity index (χ4v) is 3.39. The Morgan fingerprint density at radius 3 is 1.97 bits per heavy atom. The number of amides is 3. The molecule has 0 aliphatic heterocycles. The normalized spacial score (nSPS) is 13.4. The summed E-state index contributed by atoms with van der Waals surface area (Å²) in [5.41, 5.74) is 1.14. The molecule has 0 heterocycles. The fraction of sp³-hybridized carbons (Fsp3) is 0.261. The molecule has 0 saturated heterocycles. The van der Waals surface area contributed by atoms with Crippen LogP contribution in [0.3, 0.4) is 0 Å². The van der Waals surface area contributed by atoms with Crippen LogP contribution in [-0.4, -0.2) is 69.0 Å². The summed E-state index contributed by atoms with van der Waals surface area (Å²) in [6.07, 6.45) is -1.23. The Kier molecular flexibility index (Phi) is 9.49. The van der Waals surface area contributed by atoms with E-state index in [-0.39, 0.29) is 5.56 Å². The minimum atomic E-state index is -4.68. The predicted octanol–water partition coefficient (Wildman–Crippen LogP) is 0.311. The van der Waals surface area contributed by atoms with E-state index >= 15 is 0 Å². The van der Waals surface area contributed by atoms with Gasteiger partial charge in [0.05, 0.1) is 6.61 Å². The lowest BCUT2D eigenvalue weighted by Crippen LogP contribution is -2.64. The molecule has 13 heteroatoms. The summed E-state index contributed by atoms with van der Waals surface area (Å²) in [7, 11) is -2.12. The second-order valence-corrected chi connectivity index (χ2v) is 8.95. The summed E-state index contributed by atoms with van der Waals surface area (Å²) >= 11 is 0. The molecule has 0 fully saturated rings. The van der Waals surface area contributed by atoms with Crippen molar-refractivity contribution in [2.75, 3.05) is 20.7 Å². The molecule has 192 valence electrons. The smallest absolute Gasteiger partial charge is 0.386 e. The Morgan fingerprint density at radius 1 is 1.03 bits per heavy atom. The maximum atomic E-state index is 12.9. The standard InChI is InChI=1S/C23H26N3O9P/c1-23(21(29)24-2,22(30)25-31)26(3)20(28)18-12-8-16(9-13-18)5-4-15-6-10-17(11-7-15)19(27)14-35-36(32,33)34/h6-13,19,27,31H,14H2,1-3H3,(H,24,29)(H,25,30)(H2,32,33,34). The third-order valence-corrected chi connectivity index (χ3v) is 5.85. The number of aliphatic hydroxyl groups excluding tert-OH is 1. The van der Waals surface area contributed by atoms with Crippen molar-refractivity contribution in [1.82, 2.24) is 15.7 Å². The Balaban J connectivity index is 2.13. The van der Waals surface area contributed by atoms with Gasteiger partial charge in [0.1, 0.15) is 6.10 Å². The molecule has 2 rings (SSSR count). The molecular weight excluding hydrogens is 493 g/mol. The zero-order chi connectivity index (χ0) is 27.1. The van der Waals surface area contributed by atoms with E-state index in [1.165, 1.54) is 38.6 Å². The number of benzene rings is 2. The highest BCUT2D eigenvalue weighted by molar-refractivity contribution is 7.46. The van der Waals surface area contributed by atoms with Crippen molar-refractivity contribution in [2.45, 2.75) is 18.6 Å². The third kappa shape index (κ3) is 6.99. The first-order valence-corrected chi connectivity index (χ1v) is 11.9. The van der Waals surface area contributed by atoms with Crippen molar-refractivity contribution >= 4 is 25.5 Å². The average Bonchev–Trinajstić information content (AvgIpc) is 2.88. The lowest BCUT2D eigenvalue weighted by atomic mass is 9.96. The van der Waals surface area contributed by atoms with E-state index in [1.54, 1.807) is 36.4 Å². The first-order chi connectivity index (χ1) is 16.8. The van der Waals surface area contributed by atoms with Gasteiger partial charge in [-0.1, -0.05) is 24.0 Å². The maximum Gasteiger partial charge on any atom is 0.469 e. The van der Waals surface area contributed by atoms with E-state index in [0.29, 0.717) is 16.7 Å². The van der Waals surface area contributed by atoms with E-state index in [0.717, 1.165) is 4.90 Å². The van der Waals surface area contributed by atoms with Gasteiger partial charge >= 0.3 is 7.82 Å². The van der Waals surface area contributed by atoms with Gasteiger partial charge in [-0.05, 0) is 48.9 Å². The number of likely N-dealkylation sites (N-methyl/N-ethyl adjacent to an activating group) is 2. The van der Waals surface area contributed by atoms with Crippen LogP contribution < -0.4 is 10.8 Å². The van der Waals surface area contributed by atoms with Gasteiger partial charge in [0.15, 0.2) is 5.54 Å². The number of nitrogens with zero attached hydrogens (tertiary/aromatic N) is 1. The summed E-state index contributed by atoms with van der Waals surface area (Å²) in [6, 6.07) is 12.4. The van der Waals surface area contributed by atoms with Crippen molar-refractivity contribution < 1.29 is 43.6 Å². The zero-order valence-electron chi connectivity index (χ0n) is 19.6. The summed E-state index contributed by atoms with van der Waals surface area (Å²) in [5.74, 6) is 3.31. The maximum absolute atomic E-state index is 12.9. The molecule has 2 unspecified atom stereocenters. The Labute approximate surface area is 207 Å². The van der Waals surface area contributed by atoms with Crippen LogP contribution in [0, 0.1) is 11.8 Å². The summed E-state index contributed by atoms with van der Waals surface area (Å²) < 4.78 is 15.0. The van der Waals surface area contributed by atoms with Crippen LogP contribution in [0.15, 0.2) is 48.5 Å². The highest BCUT2D eigenvalue weighted by atomic mass is 31.2. The van der Waals surface area contributed by atoms with E-state index in [9.17, 15) is 24.1 Å². The molecule has 2 aromatic carbocycles. The number of nitrogens with one attached hydrogen (secondary N) is 2. The number of hydrogen-bond donors (Lipinski definition) is 6. The molecule has 12 nitrogen and oxygen atoms in total. The van der Waals surface area contributed by atoms with Gasteiger partial charge in [-0.3, -0.25) is 24.1 Å². The third-order valence-electron chi connectivity index (χ3n) is 5.37. The fourth-order valence-electron chi connectivity index (χ4n) is 3.05. The van der Waals surface area contributed by atoms with Crippen LogP contribution in [0.25, 0.3) is 0 Å². The van der Waals surface area contributed by atoms with E-state index in [2.05, 4.69) is 21.7 Å². The number of hydrogen-bond acceptors (Lipinski definition) is 7. The van der Waals surface area contributed by atoms with Crippen molar-refractivity contribution in [1.29, 1.82) is 0 Å². The van der Waals surface area contributed by atoms with Gasteiger partial charge < -0.3 is 25.1 Å². The van der Waals surface area contributed by atoms with Crippen molar-refractivity contribution in [2.24, 2.45) is 0 Å². The highest BCUT2D eigenvalue weighted by Crippen LogP contribution is 2.37. The summed E-state index contributed by atoms with van der Waals surface area (Å²) in [6.45, 7) is 0.632. The highest BCUT2D eigenvalue weighted by Gasteiger charge is 2.47. The zero-order valence-corrected chi connectivity index (χ0v) is 20.5. The first-order valence-electron chi connectivity index (χ1n) is 10.4. The Morgan fingerprint density at radius 2 is 1.53 bits per heavy atom. The van der Waals surface area contributed by atoms with Crippen LogP contribution >= 0.6 is 7.82 Å². The number of carbonyl (C=O) groups is 3. The van der Waals surface area contributed by atoms with Gasteiger partial charge in [-0.15, -0.1) is 0 Å². The van der Waals surface area contributed by atoms with Gasteiger partial charge in [-0.25, -0.2) is 10.0 Å². The molecule has 0 bridgehead atoms. The van der Waals surface area contributed by atoms with Crippen LogP contribution in [-0.2, 0) is 18.7 Å². The van der Waals surface area contributed by atoms with Crippen molar-refractivity contribution in [3.8, 4) is 11.8 Å². The molecule has 2 atom stereocenters. The molecule has 0 spiro atoms. The average molecular weight is 519 g/mol. The molecule has 0 aromatic heterocycles. The van der Waals surface area contributed by atoms with Crippen LogP contribution in [0.2, 0.25) is 0 Å². The Bertz CT molecular complexity index is 1200. The van der Waals surface area contributed by atoms with Crippen LogP contribution in [0.4, 0.5) is 0 Å². The summed E-state index contributed by atoms with van der Waals surface area (Å²) in [5, 5.41) is 21.3. The number of phosphoric ester groups is 1. The molecule has 3 amide bonds. The first kappa shape index (κ1) is 28.7. The number of rotatable bonds is 8. The molecular formula is C23H26N3O9P. The SMILES string of the molecule is CNC(=O)C(C)(C(=O)NO)N(C)C(=O)c1ccc(C#Cc2ccc(C(O)COP(=O)(O)O)cc2)cc1. The molecule has 2 aromatic rings. The van der Waals surface area contributed by atoms with Crippen molar-refractivity contribution in [3.63, 3.8) is 0 Å². The van der Waals surface area contributed by atoms with Gasteiger partial charge in [-0.2, -0.15) is 0 Å². The minimum Gasteiger partial charge on any atom is -0.386 e. The quantitative estimate of drug-likeness (QED) is 0.0939. The van der Waals surface area contributed by atoms with E-state index in [1.807, 2.05) is 0 Å². The van der Waals surface area contributed by atoms with Gasteiger partial charge in [0, 0.05) is 30.8 Å².